The molecule has 0 saturated heterocycles. The minimum Gasteiger partial charge on any atom is -0.483 e. The molecule has 1 atom stereocenters. The van der Waals surface area contributed by atoms with E-state index in [9.17, 15) is 13.2 Å². The molecule has 1 aliphatic heterocycles. The average Bonchev–Trinajstić information content (AvgIpc) is 3.10. The van der Waals surface area contributed by atoms with Crippen LogP contribution in [0.4, 0.5) is 13.2 Å². The summed E-state index contributed by atoms with van der Waals surface area (Å²) < 4.78 is 41.1. The van der Waals surface area contributed by atoms with Gasteiger partial charge in [-0.15, -0.1) is 5.06 Å². The number of pyridine rings is 1. The van der Waals surface area contributed by atoms with Crippen molar-refractivity contribution >= 4 is 5.76 Å². The average molecular weight is 350 g/mol. The predicted octanol–water partition coefficient (Wildman–Crippen LogP) is 4.37. The summed E-state index contributed by atoms with van der Waals surface area (Å²) in [7, 11) is 0. The maximum absolute atomic E-state index is 12.2. The first-order chi connectivity index (χ1) is 11.9. The maximum atomic E-state index is 12.2. The normalized spacial score (nSPS) is 16.2. The highest BCUT2D eigenvalue weighted by atomic mass is 19.4. The standard InChI is InChI=1S/C18H17F3N2O2/c1-13(16-8-7-15(11-22-16)24-12-18(19,20)21)23-10-9-17(25-23)14-5-3-2-4-6-14/h2-9,11,13H,10,12H2,1H3/t13-/m1/s1. The van der Waals surface area contributed by atoms with E-state index in [0.29, 0.717) is 12.2 Å². The molecule has 0 saturated carbocycles. The molecule has 0 aliphatic carbocycles. The van der Waals surface area contributed by atoms with Gasteiger partial charge in [-0.25, -0.2) is 0 Å². The number of ether oxygens (including phenoxy) is 1. The molecule has 0 radical (unpaired) electrons. The minimum absolute atomic E-state index is 0.0821. The minimum atomic E-state index is -4.37. The van der Waals surface area contributed by atoms with Gasteiger partial charge in [-0.2, -0.15) is 13.2 Å². The Morgan fingerprint density at radius 1 is 1.20 bits per heavy atom. The summed E-state index contributed by atoms with van der Waals surface area (Å²) in [6.07, 6.45) is -1.10. The van der Waals surface area contributed by atoms with E-state index in [4.69, 9.17) is 4.84 Å². The van der Waals surface area contributed by atoms with Crippen molar-refractivity contribution in [3.63, 3.8) is 0 Å². The Labute approximate surface area is 143 Å². The van der Waals surface area contributed by atoms with Gasteiger partial charge in [-0.05, 0) is 25.1 Å². The fourth-order valence-corrected chi connectivity index (χ4v) is 2.42. The van der Waals surface area contributed by atoms with Crippen molar-refractivity contribution in [1.29, 1.82) is 0 Å². The molecule has 3 rings (SSSR count). The molecule has 25 heavy (non-hydrogen) atoms. The van der Waals surface area contributed by atoms with Crippen molar-refractivity contribution in [2.45, 2.75) is 19.1 Å². The summed E-state index contributed by atoms with van der Waals surface area (Å²) >= 11 is 0. The molecule has 132 valence electrons. The molecule has 2 aromatic rings. The summed E-state index contributed by atoms with van der Waals surface area (Å²) in [6.45, 7) is 1.18. The lowest BCUT2D eigenvalue weighted by Crippen LogP contribution is -2.23. The Bertz CT molecular complexity index is 730. The molecular formula is C18H17F3N2O2. The fraction of sp³-hybridized carbons (Fsp3) is 0.278. The van der Waals surface area contributed by atoms with E-state index in [1.807, 2.05) is 43.3 Å². The molecule has 4 nitrogen and oxygen atoms in total. The van der Waals surface area contributed by atoms with Crippen LogP contribution in [0.3, 0.4) is 0 Å². The Morgan fingerprint density at radius 2 is 1.96 bits per heavy atom. The Balaban J connectivity index is 1.60. The number of halogens is 3. The molecule has 0 unspecified atom stereocenters. The number of benzene rings is 1. The third-order valence-corrected chi connectivity index (χ3v) is 3.75. The molecule has 0 N–H and O–H groups in total. The number of hydroxylamine groups is 2. The molecular weight excluding hydrogens is 333 g/mol. The maximum Gasteiger partial charge on any atom is 0.422 e. The molecule has 0 amide bonds. The van der Waals surface area contributed by atoms with Crippen molar-refractivity contribution < 1.29 is 22.7 Å². The second-order valence-electron chi connectivity index (χ2n) is 5.62. The zero-order valence-corrected chi connectivity index (χ0v) is 13.5. The Morgan fingerprint density at radius 3 is 2.60 bits per heavy atom. The number of nitrogens with zero attached hydrogens (tertiary/aromatic N) is 2. The largest absolute Gasteiger partial charge is 0.483 e. The first kappa shape index (κ1) is 17.3. The van der Waals surface area contributed by atoms with Crippen LogP contribution in [0, 0.1) is 0 Å². The zero-order chi connectivity index (χ0) is 17.9. The quantitative estimate of drug-likeness (QED) is 0.802. The third kappa shape index (κ3) is 4.51. The summed E-state index contributed by atoms with van der Waals surface area (Å²) in [5.74, 6) is 0.858. The van der Waals surface area contributed by atoms with Gasteiger partial charge in [0.15, 0.2) is 12.4 Å². The lowest BCUT2D eigenvalue weighted by Gasteiger charge is -2.23. The van der Waals surface area contributed by atoms with E-state index in [2.05, 4.69) is 9.72 Å². The number of hydrogen-bond donors (Lipinski definition) is 0. The van der Waals surface area contributed by atoms with Crippen LogP contribution in [-0.4, -0.2) is 29.4 Å². The van der Waals surface area contributed by atoms with Gasteiger partial charge >= 0.3 is 6.18 Å². The number of rotatable bonds is 5. The molecule has 1 aromatic heterocycles. The number of aromatic nitrogens is 1. The Kier molecular flexibility index (Phi) is 4.94. The van der Waals surface area contributed by atoms with E-state index < -0.39 is 12.8 Å². The van der Waals surface area contributed by atoms with Gasteiger partial charge in [-0.1, -0.05) is 30.3 Å². The van der Waals surface area contributed by atoms with Gasteiger partial charge in [0.25, 0.3) is 0 Å². The number of alkyl halides is 3. The monoisotopic (exact) mass is 350 g/mol. The van der Waals surface area contributed by atoms with Gasteiger partial charge in [0.1, 0.15) is 5.75 Å². The van der Waals surface area contributed by atoms with Crippen molar-refractivity contribution in [3.8, 4) is 5.75 Å². The second kappa shape index (κ2) is 7.14. The lowest BCUT2D eigenvalue weighted by atomic mass is 10.2. The fourth-order valence-electron chi connectivity index (χ4n) is 2.42. The molecule has 1 aromatic carbocycles. The highest BCUT2D eigenvalue weighted by molar-refractivity contribution is 5.60. The third-order valence-electron chi connectivity index (χ3n) is 3.75. The summed E-state index contributed by atoms with van der Waals surface area (Å²) in [4.78, 5) is 10.0. The zero-order valence-electron chi connectivity index (χ0n) is 13.5. The van der Waals surface area contributed by atoms with Crippen LogP contribution in [0.15, 0.2) is 54.7 Å². The van der Waals surface area contributed by atoms with Crippen LogP contribution in [0.25, 0.3) is 5.76 Å². The van der Waals surface area contributed by atoms with Crippen LogP contribution in [0.1, 0.15) is 24.2 Å². The van der Waals surface area contributed by atoms with Crippen LogP contribution in [0.2, 0.25) is 0 Å². The van der Waals surface area contributed by atoms with Crippen molar-refractivity contribution in [1.82, 2.24) is 10.0 Å². The van der Waals surface area contributed by atoms with Crippen molar-refractivity contribution in [2.75, 3.05) is 13.2 Å². The molecule has 0 spiro atoms. The van der Waals surface area contributed by atoms with Gasteiger partial charge in [0.05, 0.1) is 24.5 Å². The highest BCUT2D eigenvalue weighted by Crippen LogP contribution is 2.29. The van der Waals surface area contributed by atoms with Crippen molar-refractivity contribution in [2.24, 2.45) is 0 Å². The van der Waals surface area contributed by atoms with E-state index in [-0.39, 0.29) is 11.8 Å². The molecule has 2 heterocycles. The first-order valence-corrected chi connectivity index (χ1v) is 7.78. The molecule has 0 fully saturated rings. The van der Waals surface area contributed by atoms with E-state index in [1.54, 1.807) is 11.1 Å². The van der Waals surface area contributed by atoms with Crippen LogP contribution < -0.4 is 4.74 Å². The van der Waals surface area contributed by atoms with E-state index in [1.165, 1.54) is 12.3 Å². The van der Waals surface area contributed by atoms with Crippen LogP contribution in [0.5, 0.6) is 5.75 Å². The SMILES string of the molecule is C[C@H](c1ccc(OCC(F)(F)F)cn1)N1CC=C(c2ccccc2)O1. The smallest absolute Gasteiger partial charge is 0.422 e. The first-order valence-electron chi connectivity index (χ1n) is 7.78. The van der Waals surface area contributed by atoms with Crippen LogP contribution in [-0.2, 0) is 4.84 Å². The van der Waals surface area contributed by atoms with Crippen LogP contribution >= 0.6 is 0 Å². The number of hydrogen-bond acceptors (Lipinski definition) is 4. The molecule has 1 aliphatic rings. The summed E-state index contributed by atoms with van der Waals surface area (Å²) in [5.41, 5.74) is 1.67. The van der Waals surface area contributed by atoms with Crippen molar-refractivity contribution in [3.05, 3.63) is 66.0 Å². The van der Waals surface area contributed by atoms with E-state index in [0.717, 1.165) is 11.3 Å². The molecule has 7 heteroatoms. The predicted molar refractivity (Wildman–Crippen MR) is 86.4 cm³/mol. The second-order valence-corrected chi connectivity index (χ2v) is 5.62. The van der Waals surface area contributed by atoms with E-state index >= 15 is 0 Å². The summed E-state index contributed by atoms with van der Waals surface area (Å²) in [6, 6.07) is 12.7. The van der Waals surface area contributed by atoms with Gasteiger partial charge in [-0.3, -0.25) is 4.98 Å². The summed E-state index contributed by atoms with van der Waals surface area (Å²) in [5, 5.41) is 1.76. The van der Waals surface area contributed by atoms with Gasteiger partial charge < -0.3 is 9.57 Å². The Hall–Kier alpha value is -2.54. The van der Waals surface area contributed by atoms with Gasteiger partial charge in [0.2, 0.25) is 0 Å². The molecule has 0 bridgehead atoms. The highest BCUT2D eigenvalue weighted by Gasteiger charge is 2.28. The topological polar surface area (TPSA) is 34.6 Å². The van der Waals surface area contributed by atoms with Gasteiger partial charge in [0, 0.05) is 5.56 Å². The lowest BCUT2D eigenvalue weighted by molar-refractivity contribution is -0.153.